The van der Waals surface area contributed by atoms with Crippen molar-refractivity contribution >= 4 is 23.2 Å². The van der Waals surface area contributed by atoms with Crippen LogP contribution in [0.2, 0.25) is 0 Å². The number of carbonyl (C=O) groups excluding carboxylic acids is 2. The molecule has 0 atom stereocenters. The Morgan fingerprint density at radius 2 is 1.60 bits per heavy atom. The third kappa shape index (κ3) is 8.83. The number of rotatable bonds is 13. The maximum Gasteiger partial charge on any atom is 0.254 e. The number of benzene rings is 2. The van der Waals surface area contributed by atoms with Crippen LogP contribution in [0.15, 0.2) is 53.9 Å². The van der Waals surface area contributed by atoms with Gasteiger partial charge in [0.15, 0.2) is 11.5 Å². The van der Waals surface area contributed by atoms with Gasteiger partial charge in [-0.25, -0.2) is 0 Å². The number of amides is 2. The number of hydrogen-bond donors (Lipinski definition) is 0. The Labute approximate surface area is 261 Å². The molecule has 3 aromatic rings. The van der Waals surface area contributed by atoms with Crippen molar-refractivity contribution in [3.63, 3.8) is 0 Å². The number of aryl methyl sites for hydroxylation is 1. The van der Waals surface area contributed by atoms with Crippen LogP contribution in [0.5, 0.6) is 11.5 Å². The number of thiophene rings is 1. The molecule has 0 aliphatic carbocycles. The van der Waals surface area contributed by atoms with Gasteiger partial charge in [-0.1, -0.05) is 39.0 Å². The molecule has 1 aliphatic rings. The van der Waals surface area contributed by atoms with E-state index in [2.05, 4.69) is 44.0 Å². The Morgan fingerprint density at radius 3 is 2.21 bits per heavy atom. The molecule has 232 valence electrons. The Balaban J connectivity index is 1.54. The molecule has 0 N–H and O–H groups in total. The summed E-state index contributed by atoms with van der Waals surface area (Å²) in [5.74, 6) is 1.20. The fourth-order valence-electron chi connectivity index (χ4n) is 5.41. The van der Waals surface area contributed by atoms with E-state index in [0.29, 0.717) is 43.1 Å². The normalized spacial score (nSPS) is 13.6. The van der Waals surface area contributed by atoms with E-state index >= 15 is 0 Å². The molecule has 0 bridgehead atoms. The molecular weight excluding hydrogens is 558 g/mol. The van der Waals surface area contributed by atoms with Crippen LogP contribution >= 0.6 is 11.3 Å². The van der Waals surface area contributed by atoms with Gasteiger partial charge in [-0.3, -0.25) is 9.59 Å². The largest absolute Gasteiger partial charge is 0.493 e. The second-order valence-corrected chi connectivity index (χ2v) is 13.4. The van der Waals surface area contributed by atoms with Gasteiger partial charge in [-0.15, -0.1) is 11.3 Å². The van der Waals surface area contributed by atoms with E-state index in [1.54, 1.807) is 30.5 Å². The molecular formula is C35H47N3O4S. The van der Waals surface area contributed by atoms with Crippen molar-refractivity contribution in [3.05, 3.63) is 81.0 Å². The molecule has 1 saturated heterocycles. The highest BCUT2D eigenvalue weighted by Gasteiger charge is 2.25. The van der Waals surface area contributed by atoms with Gasteiger partial charge in [-0.2, -0.15) is 0 Å². The molecule has 0 saturated carbocycles. The zero-order valence-electron chi connectivity index (χ0n) is 26.7. The maximum absolute atomic E-state index is 14.0. The van der Waals surface area contributed by atoms with Crippen LogP contribution in [0, 0.1) is 6.92 Å². The highest BCUT2D eigenvalue weighted by Crippen LogP contribution is 2.28. The van der Waals surface area contributed by atoms with E-state index in [4.69, 9.17) is 9.47 Å². The lowest BCUT2D eigenvalue weighted by Gasteiger charge is -2.29. The van der Waals surface area contributed by atoms with Gasteiger partial charge in [0.1, 0.15) is 6.54 Å². The molecule has 4 rings (SSSR count). The average molecular weight is 606 g/mol. The van der Waals surface area contributed by atoms with E-state index in [9.17, 15) is 9.59 Å². The summed E-state index contributed by atoms with van der Waals surface area (Å²) in [4.78, 5) is 35.1. The van der Waals surface area contributed by atoms with Crippen molar-refractivity contribution in [2.45, 2.75) is 58.9 Å². The molecule has 0 unspecified atom stereocenters. The van der Waals surface area contributed by atoms with Gasteiger partial charge in [0.05, 0.1) is 20.8 Å². The number of likely N-dealkylation sites (tertiary alicyclic amines) is 1. The number of carbonyl (C=O) groups is 2. The van der Waals surface area contributed by atoms with Gasteiger partial charge in [0.25, 0.3) is 5.91 Å². The number of ether oxygens (including phenoxy) is 2. The molecule has 8 heteroatoms. The predicted molar refractivity (Wildman–Crippen MR) is 174 cm³/mol. The first kappa shape index (κ1) is 32.6. The summed E-state index contributed by atoms with van der Waals surface area (Å²) in [6.07, 6.45) is 3.03. The Morgan fingerprint density at radius 1 is 0.907 bits per heavy atom. The molecule has 2 heterocycles. The van der Waals surface area contributed by atoms with E-state index < -0.39 is 0 Å². The van der Waals surface area contributed by atoms with E-state index in [-0.39, 0.29) is 23.8 Å². The fraction of sp³-hybridized carbons (Fsp3) is 0.486. The zero-order valence-corrected chi connectivity index (χ0v) is 27.5. The molecule has 0 radical (unpaired) electrons. The van der Waals surface area contributed by atoms with Crippen LogP contribution in [0.3, 0.4) is 0 Å². The first-order valence-corrected chi connectivity index (χ1v) is 16.1. The molecule has 43 heavy (non-hydrogen) atoms. The quantitative estimate of drug-likeness (QED) is 0.233. The minimum absolute atomic E-state index is 0.00130. The van der Waals surface area contributed by atoms with E-state index in [0.717, 1.165) is 30.1 Å². The first-order valence-electron chi connectivity index (χ1n) is 15.2. The summed E-state index contributed by atoms with van der Waals surface area (Å²) in [5.41, 5.74) is 4.03. The van der Waals surface area contributed by atoms with Crippen LogP contribution in [-0.2, 0) is 23.2 Å². The van der Waals surface area contributed by atoms with E-state index in [1.165, 1.54) is 24.0 Å². The Hall–Kier alpha value is -3.36. The fourth-order valence-corrected chi connectivity index (χ4v) is 6.33. The number of nitrogens with zero attached hydrogens (tertiary/aromatic N) is 3. The number of methoxy groups -OCH3 is 2. The topological polar surface area (TPSA) is 62.3 Å². The van der Waals surface area contributed by atoms with Crippen molar-refractivity contribution in [1.29, 1.82) is 0 Å². The van der Waals surface area contributed by atoms with Gasteiger partial charge in [-0.05, 0) is 97.1 Å². The summed E-state index contributed by atoms with van der Waals surface area (Å²) >= 11 is 1.66. The van der Waals surface area contributed by atoms with Gasteiger partial charge in [0.2, 0.25) is 5.91 Å². The van der Waals surface area contributed by atoms with Crippen LogP contribution in [0.25, 0.3) is 0 Å². The van der Waals surface area contributed by atoms with Crippen LogP contribution < -0.4 is 9.47 Å². The minimum Gasteiger partial charge on any atom is -0.493 e. The van der Waals surface area contributed by atoms with Crippen LogP contribution in [0.4, 0.5) is 0 Å². The van der Waals surface area contributed by atoms with Crippen molar-refractivity contribution < 1.29 is 19.1 Å². The van der Waals surface area contributed by atoms with Crippen LogP contribution in [0.1, 0.15) is 65.5 Å². The molecule has 1 fully saturated rings. The lowest BCUT2D eigenvalue weighted by Crippen LogP contribution is -2.45. The summed E-state index contributed by atoms with van der Waals surface area (Å²) in [6, 6.07) is 15.8. The lowest BCUT2D eigenvalue weighted by molar-refractivity contribution is -0.132. The SMILES string of the molecule is COc1ccc(CCN(Cc2sccc2C)C(=O)CN(CCN2CCCC2)C(=O)c2ccc(C(C)(C)C)cc2)cc1OC. The van der Waals surface area contributed by atoms with Gasteiger partial charge < -0.3 is 24.2 Å². The van der Waals surface area contributed by atoms with Gasteiger partial charge >= 0.3 is 0 Å². The standard InChI is InChI=1S/C35H47N3O4S/c1-26-16-22-43-32(26)24-37(19-15-27-9-14-30(41-5)31(23-27)42-6)33(39)25-38(21-20-36-17-7-8-18-36)34(40)28-10-12-29(13-11-28)35(2,3)4/h9-14,16,22-23H,7-8,15,17-21,24-25H2,1-6H3. The molecule has 0 spiro atoms. The Kier molecular flexibility index (Phi) is 11.3. The summed E-state index contributed by atoms with van der Waals surface area (Å²) < 4.78 is 10.9. The smallest absolute Gasteiger partial charge is 0.254 e. The third-order valence-corrected chi connectivity index (χ3v) is 9.28. The van der Waals surface area contributed by atoms with Crippen LogP contribution in [-0.4, -0.2) is 80.0 Å². The summed E-state index contributed by atoms with van der Waals surface area (Å²) in [7, 11) is 3.25. The second-order valence-electron chi connectivity index (χ2n) is 12.4. The molecule has 1 aromatic heterocycles. The predicted octanol–water partition coefficient (Wildman–Crippen LogP) is 6.18. The lowest BCUT2D eigenvalue weighted by atomic mass is 9.86. The minimum atomic E-state index is -0.0971. The summed E-state index contributed by atoms with van der Waals surface area (Å²) in [6.45, 7) is 13.0. The highest BCUT2D eigenvalue weighted by molar-refractivity contribution is 7.10. The summed E-state index contributed by atoms with van der Waals surface area (Å²) in [5, 5.41) is 2.06. The van der Waals surface area contributed by atoms with Crippen molar-refractivity contribution in [2.75, 3.05) is 53.5 Å². The molecule has 1 aliphatic heterocycles. The van der Waals surface area contributed by atoms with Gasteiger partial charge in [0, 0.05) is 30.1 Å². The Bertz CT molecular complexity index is 1360. The zero-order chi connectivity index (χ0) is 31.0. The highest BCUT2D eigenvalue weighted by atomic mass is 32.1. The maximum atomic E-state index is 14.0. The monoisotopic (exact) mass is 605 g/mol. The third-order valence-electron chi connectivity index (χ3n) is 8.27. The van der Waals surface area contributed by atoms with Crippen molar-refractivity contribution in [1.82, 2.24) is 14.7 Å². The second kappa shape index (κ2) is 14.9. The molecule has 7 nitrogen and oxygen atoms in total. The average Bonchev–Trinajstić information content (AvgIpc) is 3.67. The molecule has 2 aromatic carbocycles. The van der Waals surface area contributed by atoms with E-state index in [1.807, 2.05) is 47.4 Å². The van der Waals surface area contributed by atoms with Crippen molar-refractivity contribution in [3.8, 4) is 11.5 Å². The van der Waals surface area contributed by atoms with Crippen molar-refractivity contribution in [2.24, 2.45) is 0 Å². The first-order chi connectivity index (χ1) is 20.6. The molecule has 2 amide bonds. The number of hydrogen-bond acceptors (Lipinski definition) is 6.